The topological polar surface area (TPSA) is 25.8 Å². The molecule has 0 amide bonds. The highest BCUT2D eigenvalue weighted by Gasteiger charge is 1.94. The molecule has 0 aliphatic carbocycles. The number of hydrogen-bond donors (Lipinski definition) is 0. The van der Waals surface area contributed by atoms with E-state index in [0.29, 0.717) is 0 Å². The molecule has 0 aliphatic heterocycles. The fourth-order valence-corrected chi connectivity index (χ4v) is 1.25. The summed E-state index contributed by atoms with van der Waals surface area (Å²) in [6, 6.07) is 8.27. The van der Waals surface area contributed by atoms with Crippen molar-refractivity contribution in [2.75, 3.05) is 0 Å². The van der Waals surface area contributed by atoms with Crippen molar-refractivity contribution in [2.24, 2.45) is 0 Å². The summed E-state index contributed by atoms with van der Waals surface area (Å²) in [6.45, 7) is 2.14. The molecule has 12 heavy (non-hydrogen) atoms. The molecule has 60 valence electrons. The Morgan fingerprint density at radius 3 is 3.00 bits per heavy atom. The second-order valence-corrected chi connectivity index (χ2v) is 2.78. The van der Waals surface area contributed by atoms with E-state index >= 15 is 0 Å². The molecule has 0 N–H and O–H groups in total. The quantitative estimate of drug-likeness (QED) is 0.635. The van der Waals surface area contributed by atoms with Crippen LogP contribution < -0.4 is 0 Å². The van der Waals surface area contributed by atoms with Gasteiger partial charge in [-0.05, 0) is 24.1 Å². The van der Waals surface area contributed by atoms with Crippen LogP contribution in [-0.2, 0) is 6.42 Å². The van der Waals surface area contributed by atoms with Crippen LogP contribution in [0, 0.1) is 0 Å². The van der Waals surface area contributed by atoms with Crippen molar-refractivity contribution in [3.63, 3.8) is 0 Å². The largest absolute Gasteiger partial charge is 0.159 e. The Balaban J connectivity index is 2.67. The zero-order chi connectivity index (χ0) is 8.39. The Bertz CT molecular complexity index is 396. The zero-order valence-corrected chi connectivity index (χ0v) is 6.99. The molecule has 2 rings (SSSR count). The minimum absolute atomic E-state index is 0.983. The van der Waals surface area contributed by atoms with Gasteiger partial charge in [-0.25, -0.2) is 0 Å². The Kier molecular flexibility index (Phi) is 1.74. The first-order chi connectivity index (χ1) is 5.90. The van der Waals surface area contributed by atoms with Gasteiger partial charge in [0.1, 0.15) is 0 Å². The first-order valence-corrected chi connectivity index (χ1v) is 4.10. The summed E-state index contributed by atoms with van der Waals surface area (Å²) in [5, 5.41) is 9.03. The van der Waals surface area contributed by atoms with E-state index < -0.39 is 0 Å². The van der Waals surface area contributed by atoms with Crippen molar-refractivity contribution in [3.05, 3.63) is 36.0 Å². The molecular weight excluding hydrogens is 148 g/mol. The molecule has 0 saturated carbocycles. The van der Waals surface area contributed by atoms with Crippen LogP contribution in [0.25, 0.3) is 10.9 Å². The molecule has 1 aromatic carbocycles. The molecule has 0 radical (unpaired) electrons. The first kappa shape index (κ1) is 7.22. The van der Waals surface area contributed by atoms with E-state index in [1.807, 2.05) is 6.07 Å². The van der Waals surface area contributed by atoms with Crippen LogP contribution in [0.2, 0.25) is 0 Å². The van der Waals surface area contributed by atoms with Crippen LogP contribution in [0.4, 0.5) is 0 Å². The van der Waals surface area contributed by atoms with Gasteiger partial charge in [0.15, 0.2) is 0 Å². The standard InChI is InChI=1S/C10H10N2/c1-2-8-3-4-9-5-6-11-12-10(9)7-8/h3-7H,2H2,1H3. The number of aryl methyl sites for hydroxylation is 1. The molecular formula is C10H10N2. The van der Waals surface area contributed by atoms with Gasteiger partial charge in [-0.1, -0.05) is 19.1 Å². The molecule has 1 heterocycles. The summed E-state index contributed by atoms with van der Waals surface area (Å²) < 4.78 is 0. The molecule has 0 saturated heterocycles. The molecule has 2 nitrogen and oxygen atoms in total. The second-order valence-electron chi connectivity index (χ2n) is 2.78. The van der Waals surface area contributed by atoms with Crippen molar-refractivity contribution < 1.29 is 0 Å². The summed E-state index contributed by atoms with van der Waals surface area (Å²) in [6.07, 6.45) is 2.76. The van der Waals surface area contributed by atoms with E-state index in [9.17, 15) is 0 Å². The van der Waals surface area contributed by atoms with Gasteiger partial charge in [0.2, 0.25) is 0 Å². The van der Waals surface area contributed by atoms with E-state index in [-0.39, 0.29) is 0 Å². The third kappa shape index (κ3) is 1.16. The smallest absolute Gasteiger partial charge is 0.0932 e. The van der Waals surface area contributed by atoms with Crippen molar-refractivity contribution in [3.8, 4) is 0 Å². The second kappa shape index (κ2) is 2.89. The van der Waals surface area contributed by atoms with Crippen LogP contribution in [0.3, 0.4) is 0 Å². The third-order valence-corrected chi connectivity index (χ3v) is 1.99. The first-order valence-electron chi connectivity index (χ1n) is 4.10. The fraction of sp³-hybridized carbons (Fsp3) is 0.200. The molecule has 1 aromatic heterocycles. The van der Waals surface area contributed by atoms with Gasteiger partial charge in [0.05, 0.1) is 11.7 Å². The van der Waals surface area contributed by atoms with Gasteiger partial charge in [-0.15, -0.1) is 0 Å². The maximum atomic E-state index is 4.04. The monoisotopic (exact) mass is 158 g/mol. The highest BCUT2D eigenvalue weighted by atomic mass is 15.1. The molecule has 0 unspecified atom stereocenters. The van der Waals surface area contributed by atoms with Gasteiger partial charge >= 0.3 is 0 Å². The van der Waals surface area contributed by atoms with E-state index in [0.717, 1.165) is 17.3 Å². The lowest BCUT2D eigenvalue weighted by atomic mass is 10.1. The summed E-state index contributed by atoms with van der Waals surface area (Å²) in [4.78, 5) is 0. The van der Waals surface area contributed by atoms with Crippen LogP contribution in [0.5, 0.6) is 0 Å². The van der Waals surface area contributed by atoms with Gasteiger partial charge in [0, 0.05) is 5.39 Å². The highest BCUT2D eigenvalue weighted by molar-refractivity contribution is 5.78. The minimum Gasteiger partial charge on any atom is -0.159 e. The molecule has 0 atom stereocenters. The Morgan fingerprint density at radius 2 is 2.17 bits per heavy atom. The minimum atomic E-state index is 0.983. The molecule has 0 aliphatic rings. The van der Waals surface area contributed by atoms with Crippen molar-refractivity contribution in [1.82, 2.24) is 10.2 Å². The summed E-state index contributed by atoms with van der Waals surface area (Å²) >= 11 is 0. The lowest BCUT2D eigenvalue weighted by Crippen LogP contribution is -1.84. The molecule has 0 bridgehead atoms. The number of nitrogens with zero attached hydrogens (tertiary/aromatic N) is 2. The van der Waals surface area contributed by atoms with E-state index in [4.69, 9.17) is 0 Å². The van der Waals surface area contributed by atoms with Crippen LogP contribution in [-0.4, -0.2) is 10.2 Å². The number of benzene rings is 1. The van der Waals surface area contributed by atoms with E-state index in [1.54, 1.807) is 6.20 Å². The predicted octanol–water partition coefficient (Wildman–Crippen LogP) is 2.19. The zero-order valence-electron chi connectivity index (χ0n) is 6.99. The van der Waals surface area contributed by atoms with Gasteiger partial charge in [0.25, 0.3) is 0 Å². The highest BCUT2D eigenvalue weighted by Crippen LogP contribution is 2.12. The summed E-state index contributed by atoms with van der Waals surface area (Å²) in [7, 11) is 0. The van der Waals surface area contributed by atoms with Crippen molar-refractivity contribution in [1.29, 1.82) is 0 Å². The average Bonchev–Trinajstić information content (AvgIpc) is 2.17. The molecule has 2 heteroatoms. The Hall–Kier alpha value is -1.44. The van der Waals surface area contributed by atoms with Crippen molar-refractivity contribution >= 4 is 10.9 Å². The average molecular weight is 158 g/mol. The van der Waals surface area contributed by atoms with Crippen molar-refractivity contribution in [2.45, 2.75) is 13.3 Å². The maximum Gasteiger partial charge on any atom is 0.0932 e. The number of fused-ring (bicyclic) bond motifs is 1. The van der Waals surface area contributed by atoms with Gasteiger partial charge in [-0.3, -0.25) is 0 Å². The van der Waals surface area contributed by atoms with Gasteiger partial charge in [-0.2, -0.15) is 10.2 Å². The third-order valence-electron chi connectivity index (χ3n) is 1.99. The van der Waals surface area contributed by atoms with E-state index in [1.165, 1.54) is 5.56 Å². The van der Waals surface area contributed by atoms with Gasteiger partial charge < -0.3 is 0 Å². The van der Waals surface area contributed by atoms with E-state index in [2.05, 4.69) is 35.3 Å². The SMILES string of the molecule is CCc1ccc2ccnnc2c1. The fourth-order valence-electron chi connectivity index (χ4n) is 1.25. The van der Waals surface area contributed by atoms with Crippen LogP contribution in [0.1, 0.15) is 12.5 Å². The lowest BCUT2D eigenvalue weighted by Gasteiger charge is -1.97. The number of aromatic nitrogens is 2. The van der Waals surface area contributed by atoms with Crippen LogP contribution in [0.15, 0.2) is 30.5 Å². The summed E-state index contributed by atoms with van der Waals surface area (Å²) in [5.41, 5.74) is 2.29. The molecule has 0 fully saturated rings. The maximum absolute atomic E-state index is 4.04. The van der Waals surface area contributed by atoms with Crippen LogP contribution >= 0.6 is 0 Å². The number of hydrogen-bond acceptors (Lipinski definition) is 2. The lowest BCUT2D eigenvalue weighted by molar-refractivity contribution is 1.07. The Labute approximate surface area is 71.3 Å². The normalized spacial score (nSPS) is 10.4. The molecule has 0 spiro atoms. The summed E-state index contributed by atoms with van der Waals surface area (Å²) in [5.74, 6) is 0. The number of rotatable bonds is 1. The molecule has 2 aromatic rings. The predicted molar refractivity (Wildman–Crippen MR) is 48.9 cm³/mol. The Morgan fingerprint density at radius 1 is 1.25 bits per heavy atom.